The van der Waals surface area contributed by atoms with Crippen LogP contribution in [0.1, 0.15) is 16.6 Å². The fourth-order valence-corrected chi connectivity index (χ4v) is 5.45. The first-order valence-electron chi connectivity index (χ1n) is 8.63. The van der Waals surface area contributed by atoms with E-state index in [1.165, 1.54) is 15.6 Å². The molecular formula is C18H21N3O4S2. The maximum absolute atomic E-state index is 13.1. The van der Waals surface area contributed by atoms with Crippen molar-refractivity contribution >= 4 is 39.4 Å². The molecule has 2 amide bonds. The molecule has 144 valence electrons. The van der Waals surface area contributed by atoms with E-state index in [1.807, 2.05) is 0 Å². The van der Waals surface area contributed by atoms with Gasteiger partial charge in [0.25, 0.3) is 15.9 Å². The maximum Gasteiger partial charge on any atom is 0.266 e. The van der Waals surface area contributed by atoms with Gasteiger partial charge >= 0.3 is 0 Å². The Kier molecular flexibility index (Phi) is 5.81. The summed E-state index contributed by atoms with van der Waals surface area (Å²) in [5.41, 5.74) is 0.397. The van der Waals surface area contributed by atoms with Crippen LogP contribution in [0.5, 0.6) is 0 Å². The molecule has 3 rings (SSSR count). The van der Waals surface area contributed by atoms with Gasteiger partial charge in [0.2, 0.25) is 6.41 Å². The SMILES string of the molecule is CCN(c1ccsc1C(=O)N1CCN(C=O)CC1)S(=O)(=O)c1ccccc1. The molecule has 0 N–H and O–H groups in total. The molecule has 1 aliphatic rings. The lowest BCUT2D eigenvalue weighted by Gasteiger charge is -2.33. The minimum absolute atomic E-state index is 0.191. The molecule has 1 fully saturated rings. The summed E-state index contributed by atoms with van der Waals surface area (Å²) in [5, 5.41) is 1.73. The Balaban J connectivity index is 1.89. The summed E-state index contributed by atoms with van der Waals surface area (Å²) in [6.07, 6.45) is 0.781. The number of benzene rings is 1. The third-order valence-electron chi connectivity index (χ3n) is 4.48. The van der Waals surface area contributed by atoms with E-state index >= 15 is 0 Å². The van der Waals surface area contributed by atoms with Gasteiger partial charge in [0, 0.05) is 32.7 Å². The third-order valence-corrected chi connectivity index (χ3v) is 7.27. The quantitative estimate of drug-likeness (QED) is 0.685. The van der Waals surface area contributed by atoms with Gasteiger partial charge in [-0.2, -0.15) is 0 Å². The van der Waals surface area contributed by atoms with Crippen LogP contribution >= 0.6 is 11.3 Å². The van der Waals surface area contributed by atoms with Crippen molar-refractivity contribution in [2.24, 2.45) is 0 Å². The van der Waals surface area contributed by atoms with Crippen molar-refractivity contribution in [3.05, 3.63) is 46.7 Å². The van der Waals surface area contributed by atoms with Crippen LogP contribution in [0.25, 0.3) is 0 Å². The summed E-state index contributed by atoms with van der Waals surface area (Å²) in [6.45, 7) is 3.80. The van der Waals surface area contributed by atoms with E-state index in [-0.39, 0.29) is 17.3 Å². The van der Waals surface area contributed by atoms with Crippen LogP contribution in [0.2, 0.25) is 0 Å². The lowest BCUT2D eigenvalue weighted by Crippen LogP contribution is -2.48. The summed E-state index contributed by atoms with van der Waals surface area (Å²) in [6, 6.07) is 9.87. The average molecular weight is 408 g/mol. The second-order valence-electron chi connectivity index (χ2n) is 6.05. The first kappa shape index (κ1) is 19.4. The first-order valence-corrected chi connectivity index (χ1v) is 10.9. The molecule has 0 radical (unpaired) electrons. The molecule has 1 saturated heterocycles. The zero-order chi connectivity index (χ0) is 19.4. The predicted molar refractivity (Wildman–Crippen MR) is 105 cm³/mol. The Morgan fingerprint density at radius 1 is 1.15 bits per heavy atom. The van der Waals surface area contributed by atoms with Crippen molar-refractivity contribution in [3.63, 3.8) is 0 Å². The Hall–Kier alpha value is -2.39. The number of anilines is 1. The highest BCUT2D eigenvalue weighted by Crippen LogP contribution is 2.32. The van der Waals surface area contributed by atoms with E-state index in [2.05, 4.69) is 0 Å². The van der Waals surface area contributed by atoms with E-state index in [1.54, 1.807) is 58.5 Å². The largest absolute Gasteiger partial charge is 0.342 e. The van der Waals surface area contributed by atoms with Crippen LogP contribution in [-0.2, 0) is 14.8 Å². The summed E-state index contributed by atoms with van der Waals surface area (Å²) < 4.78 is 27.4. The highest BCUT2D eigenvalue weighted by molar-refractivity contribution is 7.92. The van der Waals surface area contributed by atoms with E-state index in [0.717, 1.165) is 6.41 Å². The summed E-state index contributed by atoms with van der Waals surface area (Å²) >= 11 is 1.23. The van der Waals surface area contributed by atoms with Crippen molar-refractivity contribution in [3.8, 4) is 0 Å². The third kappa shape index (κ3) is 3.84. The molecule has 27 heavy (non-hydrogen) atoms. The molecule has 0 bridgehead atoms. The fraction of sp³-hybridized carbons (Fsp3) is 0.333. The highest BCUT2D eigenvalue weighted by atomic mass is 32.2. The van der Waals surface area contributed by atoms with Gasteiger partial charge in [0.05, 0.1) is 10.6 Å². The molecular weight excluding hydrogens is 386 g/mol. The molecule has 2 aromatic rings. The van der Waals surface area contributed by atoms with Crippen molar-refractivity contribution in [1.29, 1.82) is 0 Å². The summed E-state index contributed by atoms with van der Waals surface area (Å²) in [5.74, 6) is -0.202. The molecule has 9 heteroatoms. The molecule has 7 nitrogen and oxygen atoms in total. The minimum Gasteiger partial charge on any atom is -0.342 e. The van der Waals surface area contributed by atoms with Crippen LogP contribution in [0.4, 0.5) is 5.69 Å². The molecule has 0 unspecified atom stereocenters. The smallest absolute Gasteiger partial charge is 0.266 e. The number of hydrogen-bond donors (Lipinski definition) is 0. The van der Waals surface area contributed by atoms with Crippen LogP contribution in [-0.4, -0.2) is 63.3 Å². The van der Waals surface area contributed by atoms with Crippen molar-refractivity contribution in [2.75, 3.05) is 37.0 Å². The van der Waals surface area contributed by atoms with E-state index < -0.39 is 10.0 Å². The van der Waals surface area contributed by atoms with Crippen LogP contribution in [0, 0.1) is 0 Å². The topological polar surface area (TPSA) is 78.0 Å². The van der Waals surface area contributed by atoms with Gasteiger partial charge in [0.15, 0.2) is 0 Å². The van der Waals surface area contributed by atoms with E-state index in [4.69, 9.17) is 0 Å². The Bertz CT molecular complexity index is 904. The number of hydrogen-bond acceptors (Lipinski definition) is 5. The molecule has 0 aliphatic carbocycles. The number of rotatable bonds is 6. The lowest BCUT2D eigenvalue weighted by molar-refractivity contribution is -0.119. The molecule has 2 heterocycles. The molecule has 1 aromatic heterocycles. The zero-order valence-corrected chi connectivity index (χ0v) is 16.6. The highest BCUT2D eigenvalue weighted by Gasteiger charge is 2.30. The number of carbonyl (C=O) groups excluding carboxylic acids is 2. The monoisotopic (exact) mass is 407 g/mol. The van der Waals surface area contributed by atoms with Gasteiger partial charge in [-0.25, -0.2) is 8.42 Å². The number of piperazine rings is 1. The van der Waals surface area contributed by atoms with Gasteiger partial charge in [-0.1, -0.05) is 18.2 Å². The first-order chi connectivity index (χ1) is 13.0. The molecule has 1 aromatic carbocycles. The molecule has 1 aliphatic heterocycles. The number of amides is 2. The second-order valence-corrected chi connectivity index (χ2v) is 8.83. The molecule has 0 saturated carbocycles. The van der Waals surface area contributed by atoms with Gasteiger partial charge in [0.1, 0.15) is 4.88 Å². The fourth-order valence-electron chi connectivity index (χ4n) is 3.02. The Morgan fingerprint density at radius 2 is 1.81 bits per heavy atom. The number of carbonyl (C=O) groups is 2. The van der Waals surface area contributed by atoms with Crippen LogP contribution < -0.4 is 4.31 Å². The van der Waals surface area contributed by atoms with Gasteiger partial charge in [-0.15, -0.1) is 11.3 Å². The van der Waals surface area contributed by atoms with E-state index in [9.17, 15) is 18.0 Å². The zero-order valence-electron chi connectivity index (χ0n) is 14.9. The minimum atomic E-state index is -3.76. The standard InChI is InChI=1S/C18H21N3O4S2/c1-2-21(27(24,25)15-6-4-3-5-7-15)16-8-13-26-17(16)18(23)20-11-9-19(14-22)10-12-20/h3-8,13-14H,2,9-12H2,1H3. The molecule has 0 spiro atoms. The second kappa shape index (κ2) is 8.10. The maximum atomic E-state index is 13.1. The van der Waals surface area contributed by atoms with Crippen molar-refractivity contribution in [1.82, 2.24) is 9.80 Å². The Labute approximate surface area is 162 Å². The normalized spacial score (nSPS) is 14.9. The van der Waals surface area contributed by atoms with Gasteiger partial charge < -0.3 is 9.80 Å². The lowest BCUT2D eigenvalue weighted by atomic mass is 10.3. The Morgan fingerprint density at radius 3 is 2.41 bits per heavy atom. The van der Waals surface area contributed by atoms with Crippen LogP contribution in [0.15, 0.2) is 46.7 Å². The number of thiophene rings is 1. The van der Waals surface area contributed by atoms with Gasteiger partial charge in [-0.05, 0) is 30.5 Å². The van der Waals surface area contributed by atoms with Gasteiger partial charge in [-0.3, -0.25) is 13.9 Å². The number of nitrogens with zero attached hydrogens (tertiary/aromatic N) is 3. The molecule has 0 atom stereocenters. The average Bonchev–Trinajstić information content (AvgIpc) is 3.17. The van der Waals surface area contributed by atoms with Crippen molar-refractivity contribution in [2.45, 2.75) is 11.8 Å². The summed E-state index contributed by atoms with van der Waals surface area (Å²) in [4.78, 5) is 27.7. The predicted octanol–water partition coefficient (Wildman–Crippen LogP) is 1.88. The van der Waals surface area contributed by atoms with E-state index in [0.29, 0.717) is 36.7 Å². The number of sulfonamides is 1. The van der Waals surface area contributed by atoms with Crippen LogP contribution in [0.3, 0.4) is 0 Å². The summed E-state index contributed by atoms with van der Waals surface area (Å²) in [7, 11) is -3.76. The van der Waals surface area contributed by atoms with Crippen molar-refractivity contribution < 1.29 is 18.0 Å².